The van der Waals surface area contributed by atoms with Crippen LogP contribution in [0, 0.1) is 13.8 Å². The van der Waals surface area contributed by atoms with Crippen LogP contribution < -0.4 is 10.1 Å². The van der Waals surface area contributed by atoms with Gasteiger partial charge in [-0.2, -0.15) is 0 Å². The fourth-order valence-corrected chi connectivity index (χ4v) is 2.16. The zero-order valence-electron chi connectivity index (χ0n) is 12.8. The average Bonchev–Trinajstić information content (AvgIpc) is 2.37. The Morgan fingerprint density at radius 1 is 1.00 bits per heavy atom. The summed E-state index contributed by atoms with van der Waals surface area (Å²) in [6.45, 7) is 14.6. The van der Waals surface area contributed by atoms with Gasteiger partial charge in [0.15, 0.2) is 0 Å². The Morgan fingerprint density at radius 3 is 2.21 bits per heavy atom. The van der Waals surface area contributed by atoms with Crippen molar-refractivity contribution in [1.29, 1.82) is 0 Å². The number of aryl methyl sites for hydroxylation is 2. The van der Waals surface area contributed by atoms with E-state index in [1.54, 1.807) is 0 Å². The molecule has 1 aromatic rings. The van der Waals surface area contributed by atoms with Gasteiger partial charge in [0.05, 0.1) is 0 Å². The van der Waals surface area contributed by atoms with Gasteiger partial charge in [-0.3, -0.25) is 0 Å². The molecule has 1 N–H and O–H groups in total. The van der Waals surface area contributed by atoms with Crippen LogP contribution in [0.3, 0.4) is 0 Å². The predicted octanol–water partition coefficient (Wildman–Crippen LogP) is 2.61. The van der Waals surface area contributed by atoms with Crippen molar-refractivity contribution >= 4 is 0 Å². The summed E-state index contributed by atoms with van der Waals surface area (Å²) in [6.07, 6.45) is 0. The van der Waals surface area contributed by atoms with Gasteiger partial charge in [0.25, 0.3) is 0 Å². The largest absolute Gasteiger partial charge is 0.492 e. The molecule has 0 aliphatic rings. The molecule has 0 aliphatic heterocycles. The van der Waals surface area contributed by atoms with Crippen LogP contribution in [0.2, 0.25) is 0 Å². The normalized spacial score (nSPS) is 11.0. The second kappa shape index (κ2) is 8.94. The van der Waals surface area contributed by atoms with Gasteiger partial charge in [0.1, 0.15) is 12.4 Å². The third-order valence-corrected chi connectivity index (χ3v) is 3.24. The Hall–Kier alpha value is -1.06. The molecule has 108 valence electrons. The molecular formula is C16H28N2O. The molecule has 0 saturated heterocycles. The first-order valence-electron chi connectivity index (χ1n) is 7.29. The highest BCUT2D eigenvalue weighted by Gasteiger charge is 1.99. The van der Waals surface area contributed by atoms with E-state index in [0.29, 0.717) is 0 Å². The van der Waals surface area contributed by atoms with E-state index in [0.717, 1.165) is 45.1 Å². The molecule has 0 bridgehead atoms. The number of likely N-dealkylation sites (N-methyl/N-ethyl adjacent to an activating group) is 1. The average molecular weight is 264 g/mol. The Bertz CT molecular complexity index is 342. The zero-order chi connectivity index (χ0) is 14.1. The minimum Gasteiger partial charge on any atom is -0.492 e. The molecule has 0 heterocycles. The molecule has 0 radical (unpaired) electrons. The highest BCUT2D eigenvalue weighted by molar-refractivity contribution is 5.32. The summed E-state index contributed by atoms with van der Waals surface area (Å²) in [5, 5.41) is 3.42. The minimum atomic E-state index is 0.723. The smallest absolute Gasteiger partial charge is 0.119 e. The van der Waals surface area contributed by atoms with E-state index in [1.165, 1.54) is 11.1 Å². The second-order valence-electron chi connectivity index (χ2n) is 4.95. The highest BCUT2D eigenvalue weighted by atomic mass is 16.5. The molecule has 0 amide bonds. The fraction of sp³-hybridized carbons (Fsp3) is 0.625. The molecule has 3 nitrogen and oxygen atoms in total. The van der Waals surface area contributed by atoms with Crippen LogP contribution in [0.15, 0.2) is 18.2 Å². The lowest BCUT2D eigenvalue weighted by Crippen LogP contribution is -2.33. The number of ether oxygens (including phenoxy) is 1. The Kier molecular flexibility index (Phi) is 7.53. The molecule has 19 heavy (non-hydrogen) atoms. The van der Waals surface area contributed by atoms with Crippen LogP contribution in [-0.4, -0.2) is 44.2 Å². The Balaban J connectivity index is 2.14. The summed E-state index contributed by atoms with van der Waals surface area (Å²) in [6, 6.07) is 6.33. The van der Waals surface area contributed by atoms with Gasteiger partial charge in [0.2, 0.25) is 0 Å². The van der Waals surface area contributed by atoms with E-state index in [9.17, 15) is 0 Å². The van der Waals surface area contributed by atoms with Gasteiger partial charge in [-0.25, -0.2) is 0 Å². The highest BCUT2D eigenvalue weighted by Crippen LogP contribution is 2.15. The molecule has 1 rings (SSSR count). The first kappa shape index (κ1) is 16.0. The van der Waals surface area contributed by atoms with Crippen molar-refractivity contribution in [3.05, 3.63) is 29.3 Å². The summed E-state index contributed by atoms with van der Waals surface area (Å²) in [7, 11) is 0. The maximum Gasteiger partial charge on any atom is 0.119 e. The maximum absolute atomic E-state index is 5.75. The molecule has 0 atom stereocenters. The lowest BCUT2D eigenvalue weighted by molar-refractivity contribution is 0.285. The first-order chi connectivity index (χ1) is 9.15. The van der Waals surface area contributed by atoms with Gasteiger partial charge in [-0.1, -0.05) is 19.9 Å². The van der Waals surface area contributed by atoms with E-state index in [-0.39, 0.29) is 0 Å². The van der Waals surface area contributed by atoms with E-state index < -0.39 is 0 Å². The summed E-state index contributed by atoms with van der Waals surface area (Å²) in [4.78, 5) is 2.41. The third kappa shape index (κ3) is 6.60. The summed E-state index contributed by atoms with van der Waals surface area (Å²) < 4.78 is 5.75. The molecular weight excluding hydrogens is 236 g/mol. The lowest BCUT2D eigenvalue weighted by atomic mass is 10.1. The van der Waals surface area contributed by atoms with Gasteiger partial charge < -0.3 is 15.0 Å². The topological polar surface area (TPSA) is 24.5 Å². The molecule has 0 unspecified atom stereocenters. The zero-order valence-corrected chi connectivity index (χ0v) is 12.8. The summed E-state index contributed by atoms with van der Waals surface area (Å²) in [5.41, 5.74) is 2.51. The van der Waals surface area contributed by atoms with Gasteiger partial charge in [0, 0.05) is 19.6 Å². The number of nitrogens with zero attached hydrogens (tertiary/aromatic N) is 1. The Morgan fingerprint density at radius 2 is 1.63 bits per heavy atom. The van der Waals surface area contributed by atoms with Crippen molar-refractivity contribution in [1.82, 2.24) is 10.2 Å². The van der Waals surface area contributed by atoms with Gasteiger partial charge in [-0.05, 0) is 50.2 Å². The van der Waals surface area contributed by atoms with Crippen molar-refractivity contribution in [2.45, 2.75) is 27.7 Å². The number of hydrogen-bond acceptors (Lipinski definition) is 3. The van der Waals surface area contributed by atoms with Crippen molar-refractivity contribution in [3.8, 4) is 5.75 Å². The third-order valence-electron chi connectivity index (χ3n) is 3.24. The molecule has 0 saturated carbocycles. The van der Waals surface area contributed by atoms with Crippen LogP contribution in [0.5, 0.6) is 5.75 Å². The van der Waals surface area contributed by atoms with E-state index in [2.05, 4.69) is 56.1 Å². The molecule has 3 heteroatoms. The molecule has 1 aromatic carbocycles. The van der Waals surface area contributed by atoms with Crippen molar-refractivity contribution in [3.63, 3.8) is 0 Å². The fourth-order valence-electron chi connectivity index (χ4n) is 2.16. The lowest BCUT2D eigenvalue weighted by Gasteiger charge is -2.18. The predicted molar refractivity (Wildman–Crippen MR) is 82.1 cm³/mol. The van der Waals surface area contributed by atoms with Gasteiger partial charge in [-0.15, -0.1) is 0 Å². The minimum absolute atomic E-state index is 0.723. The standard InChI is InChI=1S/C16H28N2O/c1-5-18(6-2)9-7-17-8-10-19-16-12-14(3)11-15(4)13-16/h11-13,17H,5-10H2,1-4H3. The van der Waals surface area contributed by atoms with Crippen LogP contribution in [0.4, 0.5) is 0 Å². The Labute approximate surface area is 118 Å². The maximum atomic E-state index is 5.75. The van der Waals surface area contributed by atoms with Crippen LogP contribution >= 0.6 is 0 Å². The molecule has 0 spiro atoms. The van der Waals surface area contributed by atoms with E-state index >= 15 is 0 Å². The van der Waals surface area contributed by atoms with Crippen molar-refractivity contribution in [2.75, 3.05) is 39.3 Å². The summed E-state index contributed by atoms with van der Waals surface area (Å²) in [5.74, 6) is 0.975. The molecule has 0 aliphatic carbocycles. The molecule has 0 aromatic heterocycles. The number of rotatable bonds is 9. The SMILES string of the molecule is CCN(CC)CCNCCOc1cc(C)cc(C)c1. The van der Waals surface area contributed by atoms with Gasteiger partial charge >= 0.3 is 0 Å². The van der Waals surface area contributed by atoms with Crippen molar-refractivity contribution in [2.24, 2.45) is 0 Å². The second-order valence-corrected chi connectivity index (χ2v) is 4.95. The van der Waals surface area contributed by atoms with Crippen molar-refractivity contribution < 1.29 is 4.74 Å². The number of nitrogens with one attached hydrogen (secondary N) is 1. The summed E-state index contributed by atoms with van der Waals surface area (Å²) >= 11 is 0. The number of hydrogen-bond donors (Lipinski definition) is 1. The number of benzene rings is 1. The monoisotopic (exact) mass is 264 g/mol. The van der Waals surface area contributed by atoms with E-state index in [4.69, 9.17) is 4.74 Å². The van der Waals surface area contributed by atoms with Crippen LogP contribution in [-0.2, 0) is 0 Å². The molecule has 0 fully saturated rings. The quantitative estimate of drug-likeness (QED) is 0.694. The van der Waals surface area contributed by atoms with Crippen LogP contribution in [0.25, 0.3) is 0 Å². The van der Waals surface area contributed by atoms with Crippen LogP contribution in [0.1, 0.15) is 25.0 Å². The first-order valence-corrected chi connectivity index (χ1v) is 7.29. The van der Waals surface area contributed by atoms with E-state index in [1.807, 2.05) is 0 Å².